The second-order valence-corrected chi connectivity index (χ2v) is 9.84. The molecule has 4 heterocycles. The van der Waals surface area contributed by atoms with Gasteiger partial charge in [-0.3, -0.25) is 14.5 Å². The van der Waals surface area contributed by atoms with Crippen molar-refractivity contribution in [2.24, 2.45) is 23.0 Å². The Balaban J connectivity index is 1.28. The van der Waals surface area contributed by atoms with Crippen molar-refractivity contribution in [3.63, 3.8) is 0 Å². The van der Waals surface area contributed by atoms with Gasteiger partial charge in [0.2, 0.25) is 11.8 Å². The lowest BCUT2D eigenvalue weighted by Gasteiger charge is -2.40. The van der Waals surface area contributed by atoms with Crippen LogP contribution in [0.2, 0.25) is 0 Å². The number of hydrogen-bond acceptors (Lipinski definition) is 5. The maximum absolute atomic E-state index is 13.7. The predicted octanol–water partition coefficient (Wildman–Crippen LogP) is 1.82. The molecule has 2 aromatic rings. The molecule has 176 valence electrons. The number of primary amides is 1. The number of benzene rings is 1. The van der Waals surface area contributed by atoms with Crippen LogP contribution in [0.4, 0.5) is 0 Å². The van der Waals surface area contributed by atoms with Crippen LogP contribution in [0.3, 0.4) is 0 Å². The summed E-state index contributed by atoms with van der Waals surface area (Å²) in [6.45, 7) is 5.24. The predicted molar refractivity (Wildman–Crippen MR) is 123 cm³/mol. The van der Waals surface area contributed by atoms with Crippen LogP contribution in [-0.4, -0.2) is 70.6 Å². The van der Waals surface area contributed by atoms with E-state index < -0.39 is 0 Å². The summed E-state index contributed by atoms with van der Waals surface area (Å²) in [5, 5.41) is 0. The molecule has 0 bridgehead atoms. The Labute approximate surface area is 194 Å². The first kappa shape index (κ1) is 22.1. The summed E-state index contributed by atoms with van der Waals surface area (Å²) < 4.78 is 7.66. The van der Waals surface area contributed by atoms with Crippen molar-refractivity contribution in [2.75, 3.05) is 39.4 Å². The first-order chi connectivity index (χ1) is 16.0. The van der Waals surface area contributed by atoms with Gasteiger partial charge < -0.3 is 19.9 Å². The van der Waals surface area contributed by atoms with E-state index in [9.17, 15) is 9.59 Å². The van der Waals surface area contributed by atoms with Gasteiger partial charge in [-0.1, -0.05) is 12.1 Å². The largest absolute Gasteiger partial charge is 0.381 e. The van der Waals surface area contributed by atoms with E-state index in [0.29, 0.717) is 25.9 Å². The van der Waals surface area contributed by atoms with Gasteiger partial charge in [-0.15, -0.1) is 0 Å². The van der Waals surface area contributed by atoms with E-state index >= 15 is 0 Å². The first-order valence-electron chi connectivity index (χ1n) is 12.0. The number of carbonyl (C=O) groups is 2. The highest BCUT2D eigenvalue weighted by Crippen LogP contribution is 2.45. The van der Waals surface area contributed by atoms with Crippen molar-refractivity contribution in [1.82, 2.24) is 19.4 Å². The van der Waals surface area contributed by atoms with Crippen molar-refractivity contribution in [2.45, 2.75) is 32.2 Å². The molecule has 5 rings (SSSR count). The lowest BCUT2D eigenvalue weighted by Crippen LogP contribution is -2.49. The fraction of sp³-hybridized carbons (Fsp3) is 0.560. The van der Waals surface area contributed by atoms with E-state index in [-0.39, 0.29) is 29.1 Å². The molecule has 3 saturated heterocycles. The molecule has 2 N–H and O–H groups in total. The third-order valence-electron chi connectivity index (χ3n) is 7.86. The fourth-order valence-electron chi connectivity index (χ4n) is 5.87. The van der Waals surface area contributed by atoms with Gasteiger partial charge in [0.25, 0.3) is 0 Å². The van der Waals surface area contributed by atoms with E-state index in [0.717, 1.165) is 51.4 Å². The van der Waals surface area contributed by atoms with Gasteiger partial charge in [-0.25, -0.2) is 4.98 Å². The Morgan fingerprint density at radius 1 is 1.12 bits per heavy atom. The van der Waals surface area contributed by atoms with Crippen LogP contribution < -0.4 is 5.73 Å². The minimum atomic E-state index is -0.242. The number of imidazole rings is 1. The molecule has 3 aliphatic heterocycles. The molecule has 1 atom stereocenters. The number of aromatic nitrogens is 2. The minimum Gasteiger partial charge on any atom is -0.381 e. The van der Waals surface area contributed by atoms with Crippen LogP contribution in [0.15, 0.2) is 43.0 Å². The standard InChI is InChI=1S/C25H33N5O3/c26-23(31)20-5-10-29(11-6-20)24(32)22-16-28(17-25(22)7-13-33-14-8-25)15-19-1-3-21(4-2-19)30-12-9-27-18-30/h1-4,9,12,18,20,22H,5-8,10-11,13-17H2,(H2,26,31)/t22-/m1/s1. The summed E-state index contributed by atoms with van der Waals surface area (Å²) in [6.07, 6.45) is 8.72. The second kappa shape index (κ2) is 9.27. The lowest BCUT2D eigenvalue weighted by atomic mass is 9.71. The minimum absolute atomic E-state index is 0.0169. The average molecular weight is 452 g/mol. The SMILES string of the molecule is NC(=O)C1CCN(C(=O)[C@H]2CN(Cc3ccc(-n4ccnc4)cc3)CC23CCOCC3)CC1. The van der Waals surface area contributed by atoms with E-state index in [4.69, 9.17) is 10.5 Å². The van der Waals surface area contributed by atoms with Gasteiger partial charge in [0, 0.05) is 75.4 Å². The molecule has 33 heavy (non-hydrogen) atoms. The van der Waals surface area contributed by atoms with Crippen molar-refractivity contribution in [3.05, 3.63) is 48.5 Å². The fourth-order valence-corrected chi connectivity index (χ4v) is 5.87. The van der Waals surface area contributed by atoms with E-state index in [1.165, 1.54) is 5.56 Å². The highest BCUT2D eigenvalue weighted by atomic mass is 16.5. The summed E-state index contributed by atoms with van der Waals surface area (Å²) in [6, 6.07) is 8.55. The second-order valence-electron chi connectivity index (χ2n) is 9.84. The van der Waals surface area contributed by atoms with Crippen LogP contribution in [0, 0.1) is 17.3 Å². The Bertz CT molecular complexity index is 960. The summed E-state index contributed by atoms with van der Waals surface area (Å²) in [5.74, 6) is -0.111. The number of ether oxygens (including phenoxy) is 1. The molecular formula is C25H33N5O3. The van der Waals surface area contributed by atoms with Gasteiger partial charge in [0.1, 0.15) is 0 Å². The molecule has 8 heteroatoms. The van der Waals surface area contributed by atoms with Gasteiger partial charge in [-0.05, 0) is 43.4 Å². The molecule has 8 nitrogen and oxygen atoms in total. The van der Waals surface area contributed by atoms with Gasteiger partial charge in [-0.2, -0.15) is 0 Å². The number of amides is 2. The zero-order chi connectivity index (χ0) is 22.8. The smallest absolute Gasteiger partial charge is 0.227 e. The normalized spacial score (nSPS) is 23.8. The Kier molecular flexibility index (Phi) is 6.21. The molecule has 1 spiro atoms. The lowest BCUT2D eigenvalue weighted by molar-refractivity contribution is -0.143. The Morgan fingerprint density at radius 3 is 2.48 bits per heavy atom. The molecule has 3 aliphatic rings. The quantitative estimate of drug-likeness (QED) is 0.749. The first-order valence-corrected chi connectivity index (χ1v) is 12.0. The van der Waals surface area contributed by atoms with Crippen molar-refractivity contribution < 1.29 is 14.3 Å². The van der Waals surface area contributed by atoms with E-state index in [1.54, 1.807) is 12.5 Å². The topological polar surface area (TPSA) is 93.7 Å². The molecule has 0 radical (unpaired) electrons. The Morgan fingerprint density at radius 2 is 1.85 bits per heavy atom. The van der Waals surface area contributed by atoms with Gasteiger partial charge in [0.05, 0.1) is 12.2 Å². The van der Waals surface area contributed by atoms with Crippen molar-refractivity contribution in [1.29, 1.82) is 0 Å². The maximum atomic E-state index is 13.7. The number of nitrogens with zero attached hydrogens (tertiary/aromatic N) is 4. The number of carbonyl (C=O) groups excluding carboxylic acids is 2. The molecule has 0 saturated carbocycles. The van der Waals surface area contributed by atoms with E-state index in [1.807, 2.05) is 15.7 Å². The van der Waals surface area contributed by atoms with Crippen molar-refractivity contribution >= 4 is 11.8 Å². The highest BCUT2D eigenvalue weighted by Gasteiger charge is 2.51. The van der Waals surface area contributed by atoms with Crippen LogP contribution in [-0.2, 0) is 20.9 Å². The molecule has 3 fully saturated rings. The molecule has 0 aliphatic carbocycles. The molecule has 2 amide bonds. The summed E-state index contributed by atoms with van der Waals surface area (Å²) in [5.41, 5.74) is 7.80. The summed E-state index contributed by atoms with van der Waals surface area (Å²) >= 11 is 0. The van der Waals surface area contributed by atoms with Crippen LogP contribution in [0.25, 0.3) is 5.69 Å². The van der Waals surface area contributed by atoms with Crippen LogP contribution in [0.5, 0.6) is 0 Å². The average Bonchev–Trinajstić information content (AvgIpc) is 3.49. The number of rotatable bonds is 5. The zero-order valence-electron chi connectivity index (χ0n) is 19.1. The monoisotopic (exact) mass is 451 g/mol. The molecule has 1 aromatic heterocycles. The zero-order valence-corrected chi connectivity index (χ0v) is 19.1. The molecule has 1 aromatic carbocycles. The third kappa shape index (κ3) is 4.54. The number of nitrogens with two attached hydrogens (primary N) is 1. The summed E-state index contributed by atoms with van der Waals surface area (Å²) in [4.78, 5) is 33.7. The molecule has 0 unspecified atom stereocenters. The van der Waals surface area contributed by atoms with Crippen LogP contribution in [0.1, 0.15) is 31.2 Å². The number of hydrogen-bond donors (Lipinski definition) is 1. The van der Waals surface area contributed by atoms with Gasteiger partial charge >= 0.3 is 0 Å². The third-order valence-corrected chi connectivity index (χ3v) is 7.86. The Hall–Kier alpha value is -2.71. The van der Waals surface area contributed by atoms with Crippen LogP contribution >= 0.6 is 0 Å². The molecular weight excluding hydrogens is 418 g/mol. The number of likely N-dealkylation sites (tertiary alicyclic amines) is 2. The van der Waals surface area contributed by atoms with Crippen molar-refractivity contribution in [3.8, 4) is 5.69 Å². The maximum Gasteiger partial charge on any atom is 0.227 e. The van der Waals surface area contributed by atoms with Gasteiger partial charge in [0.15, 0.2) is 0 Å². The summed E-state index contributed by atoms with van der Waals surface area (Å²) in [7, 11) is 0. The van der Waals surface area contributed by atoms with E-state index in [2.05, 4.69) is 34.1 Å². The number of piperidine rings is 1. The highest BCUT2D eigenvalue weighted by molar-refractivity contribution is 5.81.